The van der Waals surface area contributed by atoms with E-state index >= 15 is 0 Å². The van der Waals surface area contributed by atoms with Crippen molar-refractivity contribution in [2.75, 3.05) is 20.7 Å². The van der Waals surface area contributed by atoms with Crippen LogP contribution in [0.25, 0.3) is 0 Å². The average Bonchev–Trinajstić information content (AvgIpc) is 2.28. The highest BCUT2D eigenvalue weighted by atomic mass is 19.1. The molecule has 0 radical (unpaired) electrons. The molecule has 0 bridgehead atoms. The molecule has 0 amide bonds. The summed E-state index contributed by atoms with van der Waals surface area (Å²) in [6.45, 7) is -0.151. The van der Waals surface area contributed by atoms with Crippen molar-refractivity contribution in [3.05, 3.63) is 29.3 Å². The van der Waals surface area contributed by atoms with Crippen LogP contribution in [0.3, 0.4) is 0 Å². The second-order valence-corrected chi connectivity index (χ2v) is 3.28. The molecule has 0 aliphatic carbocycles. The zero-order chi connectivity index (χ0) is 11.3. The number of ether oxygens (including phenoxy) is 1. The molecule has 0 aliphatic heterocycles. The van der Waals surface area contributed by atoms with Crippen LogP contribution >= 0.6 is 0 Å². The van der Waals surface area contributed by atoms with Gasteiger partial charge in [0.1, 0.15) is 12.4 Å². The van der Waals surface area contributed by atoms with Gasteiger partial charge in [-0.15, -0.1) is 0 Å². The molecule has 0 aromatic heterocycles. The molecule has 1 aromatic carbocycles. The van der Waals surface area contributed by atoms with Gasteiger partial charge in [-0.25, -0.2) is 4.39 Å². The summed E-state index contributed by atoms with van der Waals surface area (Å²) >= 11 is 0. The van der Waals surface area contributed by atoms with E-state index in [0.717, 1.165) is 0 Å². The lowest BCUT2D eigenvalue weighted by Gasteiger charge is -2.13. The van der Waals surface area contributed by atoms with E-state index in [4.69, 9.17) is 4.74 Å². The van der Waals surface area contributed by atoms with Crippen molar-refractivity contribution in [2.24, 2.45) is 0 Å². The molecule has 1 atom stereocenters. The first kappa shape index (κ1) is 11.9. The molecule has 2 N–H and O–H groups in total. The summed E-state index contributed by atoms with van der Waals surface area (Å²) in [5, 5.41) is 12.5. The number of alkyl halides is 1. The first-order valence-electron chi connectivity index (χ1n) is 4.78. The highest BCUT2D eigenvalue weighted by Gasteiger charge is 2.10. The molecule has 0 saturated carbocycles. The fraction of sp³-hybridized carbons (Fsp3) is 0.455. The van der Waals surface area contributed by atoms with Crippen LogP contribution in [0.2, 0.25) is 0 Å². The van der Waals surface area contributed by atoms with E-state index in [1.54, 1.807) is 25.2 Å². The normalized spacial score (nSPS) is 12.5. The van der Waals surface area contributed by atoms with Gasteiger partial charge in [-0.05, 0) is 24.7 Å². The van der Waals surface area contributed by atoms with Gasteiger partial charge in [0.15, 0.2) is 0 Å². The summed E-state index contributed by atoms with van der Waals surface area (Å²) in [6, 6.07) is 5.03. The van der Waals surface area contributed by atoms with Gasteiger partial charge in [0.25, 0.3) is 0 Å². The number of nitrogens with one attached hydrogen (secondary N) is 1. The first-order valence-corrected chi connectivity index (χ1v) is 4.78. The van der Waals surface area contributed by atoms with Crippen molar-refractivity contribution < 1.29 is 14.2 Å². The number of hydrogen-bond acceptors (Lipinski definition) is 3. The topological polar surface area (TPSA) is 41.5 Å². The van der Waals surface area contributed by atoms with Crippen LogP contribution in [-0.2, 0) is 6.67 Å². The Balaban J connectivity index is 2.92. The van der Waals surface area contributed by atoms with Crippen LogP contribution in [0, 0.1) is 0 Å². The van der Waals surface area contributed by atoms with Gasteiger partial charge in [-0.3, -0.25) is 0 Å². The highest BCUT2D eigenvalue weighted by molar-refractivity contribution is 5.37. The van der Waals surface area contributed by atoms with Crippen LogP contribution < -0.4 is 10.1 Å². The van der Waals surface area contributed by atoms with Crippen LogP contribution in [0.5, 0.6) is 5.75 Å². The van der Waals surface area contributed by atoms with E-state index in [1.807, 2.05) is 0 Å². The van der Waals surface area contributed by atoms with E-state index in [1.165, 1.54) is 7.11 Å². The Bertz CT molecular complexity index is 317. The molecule has 0 aliphatic rings. The lowest BCUT2D eigenvalue weighted by Crippen LogP contribution is -2.16. The van der Waals surface area contributed by atoms with Gasteiger partial charge < -0.3 is 15.2 Å². The van der Waals surface area contributed by atoms with Crippen molar-refractivity contribution in [3.8, 4) is 5.75 Å². The molecule has 15 heavy (non-hydrogen) atoms. The fourth-order valence-electron chi connectivity index (χ4n) is 1.42. The van der Waals surface area contributed by atoms with Gasteiger partial charge in [-0.2, -0.15) is 0 Å². The van der Waals surface area contributed by atoms with Gasteiger partial charge >= 0.3 is 0 Å². The predicted octanol–water partition coefficient (Wildman–Crippen LogP) is 1.42. The van der Waals surface area contributed by atoms with E-state index < -0.39 is 12.8 Å². The third kappa shape index (κ3) is 2.91. The molecule has 4 heteroatoms. The minimum atomic E-state index is -0.619. The van der Waals surface area contributed by atoms with Gasteiger partial charge in [0.05, 0.1) is 13.2 Å². The van der Waals surface area contributed by atoms with Crippen LogP contribution in [0.15, 0.2) is 18.2 Å². The van der Waals surface area contributed by atoms with Crippen molar-refractivity contribution in [3.63, 3.8) is 0 Å². The zero-order valence-electron chi connectivity index (χ0n) is 8.96. The zero-order valence-corrected chi connectivity index (χ0v) is 8.96. The molecular weight excluding hydrogens is 197 g/mol. The van der Waals surface area contributed by atoms with Crippen molar-refractivity contribution in [2.45, 2.75) is 12.8 Å². The Morgan fingerprint density at radius 3 is 2.80 bits per heavy atom. The number of benzene rings is 1. The van der Waals surface area contributed by atoms with E-state index in [-0.39, 0.29) is 0 Å². The number of aliphatic hydroxyl groups excluding tert-OH is 1. The highest BCUT2D eigenvalue weighted by Crippen LogP contribution is 2.23. The van der Waals surface area contributed by atoms with E-state index in [0.29, 0.717) is 23.4 Å². The third-order valence-corrected chi connectivity index (χ3v) is 2.23. The van der Waals surface area contributed by atoms with Crippen LogP contribution in [-0.4, -0.2) is 25.8 Å². The molecule has 1 unspecified atom stereocenters. The van der Waals surface area contributed by atoms with Crippen molar-refractivity contribution >= 4 is 0 Å². The maximum atomic E-state index is 12.6. The second-order valence-electron chi connectivity index (χ2n) is 3.28. The van der Waals surface area contributed by atoms with Crippen LogP contribution in [0.4, 0.5) is 4.39 Å². The Morgan fingerprint density at radius 1 is 1.53 bits per heavy atom. The maximum Gasteiger partial charge on any atom is 0.124 e. The minimum Gasteiger partial charge on any atom is -0.496 e. The van der Waals surface area contributed by atoms with Crippen molar-refractivity contribution in [1.82, 2.24) is 5.32 Å². The summed E-state index contributed by atoms with van der Waals surface area (Å²) in [5.41, 5.74) is 1.16. The molecule has 1 aromatic rings. The number of aliphatic hydroxyl groups is 1. The van der Waals surface area contributed by atoms with Gasteiger partial charge in [0, 0.05) is 12.1 Å². The molecule has 1 rings (SSSR count). The number of halogens is 1. The predicted molar refractivity (Wildman–Crippen MR) is 56.7 cm³/mol. The number of likely N-dealkylation sites (N-methyl/N-ethyl adjacent to an activating group) is 1. The summed E-state index contributed by atoms with van der Waals surface area (Å²) < 4.78 is 17.6. The standard InChI is InChI=1S/C11H16FNO2/c1-13-7-10(14)8-3-4-11(15-2)9(5-8)6-12/h3-5,10,13-14H,6-7H2,1-2H3. The number of rotatable bonds is 5. The Morgan fingerprint density at radius 2 is 2.27 bits per heavy atom. The Hall–Kier alpha value is -1.13. The Kier molecular flexibility index (Phi) is 4.52. The first-order chi connectivity index (χ1) is 7.22. The summed E-state index contributed by atoms with van der Waals surface area (Å²) in [4.78, 5) is 0. The van der Waals surface area contributed by atoms with Crippen LogP contribution in [0.1, 0.15) is 17.2 Å². The quantitative estimate of drug-likeness (QED) is 0.777. The summed E-state index contributed by atoms with van der Waals surface area (Å²) in [5.74, 6) is 0.512. The molecule has 0 spiro atoms. The molecule has 0 fully saturated rings. The SMILES string of the molecule is CNCC(O)c1ccc(OC)c(CF)c1. The lowest BCUT2D eigenvalue weighted by atomic mass is 10.1. The smallest absolute Gasteiger partial charge is 0.124 e. The summed E-state index contributed by atoms with van der Waals surface area (Å²) in [7, 11) is 3.25. The molecule has 3 nitrogen and oxygen atoms in total. The minimum absolute atomic E-state index is 0.443. The second kappa shape index (κ2) is 5.68. The fourth-order valence-corrected chi connectivity index (χ4v) is 1.42. The monoisotopic (exact) mass is 213 g/mol. The lowest BCUT2D eigenvalue weighted by molar-refractivity contribution is 0.177. The number of methoxy groups -OCH3 is 1. The van der Waals surface area contributed by atoms with E-state index in [2.05, 4.69) is 5.32 Å². The third-order valence-electron chi connectivity index (χ3n) is 2.23. The number of hydrogen-bond donors (Lipinski definition) is 2. The molecule has 0 heterocycles. The molecule has 0 saturated heterocycles. The molecule has 84 valence electrons. The van der Waals surface area contributed by atoms with Gasteiger partial charge in [0.2, 0.25) is 0 Å². The largest absolute Gasteiger partial charge is 0.496 e. The average molecular weight is 213 g/mol. The van der Waals surface area contributed by atoms with Crippen molar-refractivity contribution in [1.29, 1.82) is 0 Å². The maximum absolute atomic E-state index is 12.6. The Labute approximate surface area is 88.9 Å². The summed E-state index contributed by atoms with van der Waals surface area (Å²) in [6.07, 6.45) is -0.619. The van der Waals surface area contributed by atoms with E-state index in [9.17, 15) is 9.50 Å². The van der Waals surface area contributed by atoms with Gasteiger partial charge in [-0.1, -0.05) is 6.07 Å². The molecular formula is C11H16FNO2.